The van der Waals surface area contributed by atoms with Gasteiger partial charge in [-0.2, -0.15) is 0 Å². The first-order valence-corrected chi connectivity index (χ1v) is 5.33. The largest absolute Gasteiger partial charge is 0.462 e. The molecule has 4 heteroatoms. The molecule has 1 heterocycles. The molecule has 0 amide bonds. The van der Waals surface area contributed by atoms with Gasteiger partial charge in [-0.25, -0.2) is 9.59 Å². The molecule has 0 radical (unpaired) electrons. The highest BCUT2D eigenvalue weighted by atomic mass is 16.5. The minimum Gasteiger partial charge on any atom is -0.462 e. The molecule has 0 aliphatic heterocycles. The van der Waals surface area contributed by atoms with Crippen LogP contribution >= 0.6 is 0 Å². The Hall–Kier alpha value is -1.58. The molecule has 1 aromatic rings. The van der Waals surface area contributed by atoms with Gasteiger partial charge in [0.1, 0.15) is 11.3 Å². The van der Waals surface area contributed by atoms with E-state index >= 15 is 0 Å². The lowest BCUT2D eigenvalue weighted by Crippen LogP contribution is -2.20. The van der Waals surface area contributed by atoms with Crippen molar-refractivity contribution in [1.82, 2.24) is 0 Å². The number of rotatable bonds is 3. The molecule has 0 saturated carbocycles. The molecule has 4 nitrogen and oxygen atoms in total. The Morgan fingerprint density at radius 1 is 1.31 bits per heavy atom. The summed E-state index contributed by atoms with van der Waals surface area (Å²) in [6.07, 6.45) is 0.716. The van der Waals surface area contributed by atoms with Crippen LogP contribution in [-0.2, 0) is 11.2 Å². The fourth-order valence-electron chi connectivity index (χ4n) is 1.77. The van der Waals surface area contributed by atoms with Crippen molar-refractivity contribution in [3.63, 3.8) is 0 Å². The topological polar surface area (TPSA) is 56.5 Å². The Morgan fingerprint density at radius 3 is 2.44 bits per heavy atom. The summed E-state index contributed by atoms with van der Waals surface area (Å²) in [4.78, 5) is 23.2. The quantitative estimate of drug-likeness (QED) is 0.737. The van der Waals surface area contributed by atoms with Crippen molar-refractivity contribution in [2.45, 2.75) is 34.1 Å². The van der Waals surface area contributed by atoms with Crippen molar-refractivity contribution in [1.29, 1.82) is 0 Å². The van der Waals surface area contributed by atoms with Crippen LogP contribution in [0, 0.1) is 13.8 Å². The lowest BCUT2D eigenvalue weighted by atomic mass is 10.0. The first kappa shape index (κ1) is 12.5. The molecule has 0 aromatic carbocycles. The number of carbonyl (C=O) groups is 1. The van der Waals surface area contributed by atoms with Gasteiger partial charge in [0.25, 0.3) is 0 Å². The van der Waals surface area contributed by atoms with Crippen molar-refractivity contribution >= 4 is 5.97 Å². The van der Waals surface area contributed by atoms with E-state index in [0.717, 1.165) is 5.56 Å². The molecular weight excluding hydrogens is 208 g/mol. The SMILES string of the molecule is CCOC(=O)c1c(C)c(CC)c(C)oc1=O. The molecule has 1 rings (SSSR count). The molecule has 0 saturated heterocycles. The summed E-state index contributed by atoms with van der Waals surface area (Å²) < 4.78 is 9.85. The number of ether oxygens (including phenoxy) is 1. The van der Waals surface area contributed by atoms with Crippen LogP contribution in [0.5, 0.6) is 0 Å². The summed E-state index contributed by atoms with van der Waals surface area (Å²) in [5.41, 5.74) is 0.951. The fourth-order valence-corrected chi connectivity index (χ4v) is 1.77. The van der Waals surface area contributed by atoms with Crippen LogP contribution in [-0.4, -0.2) is 12.6 Å². The van der Waals surface area contributed by atoms with E-state index in [4.69, 9.17) is 9.15 Å². The third-order valence-electron chi connectivity index (χ3n) is 2.54. The van der Waals surface area contributed by atoms with Crippen LogP contribution in [0.15, 0.2) is 9.21 Å². The zero-order valence-electron chi connectivity index (χ0n) is 10.0. The number of carbonyl (C=O) groups excluding carboxylic acids is 1. The normalized spacial score (nSPS) is 10.2. The van der Waals surface area contributed by atoms with Gasteiger partial charge in [0.15, 0.2) is 0 Å². The predicted octanol–water partition coefficient (Wildman–Crippen LogP) is 2.00. The average Bonchev–Trinajstić information content (AvgIpc) is 2.17. The smallest absolute Gasteiger partial charge is 0.350 e. The van der Waals surface area contributed by atoms with Crippen molar-refractivity contribution in [2.75, 3.05) is 6.61 Å². The second-order valence-corrected chi connectivity index (χ2v) is 3.50. The van der Waals surface area contributed by atoms with Crippen LogP contribution in [0.3, 0.4) is 0 Å². The van der Waals surface area contributed by atoms with Crippen molar-refractivity contribution < 1.29 is 13.9 Å². The Labute approximate surface area is 94.2 Å². The highest BCUT2D eigenvalue weighted by Crippen LogP contribution is 2.16. The van der Waals surface area contributed by atoms with E-state index in [0.29, 0.717) is 17.7 Å². The van der Waals surface area contributed by atoms with E-state index in [1.54, 1.807) is 20.8 Å². The average molecular weight is 224 g/mol. The summed E-state index contributed by atoms with van der Waals surface area (Å²) in [6, 6.07) is 0. The number of hydrogen-bond donors (Lipinski definition) is 0. The zero-order valence-corrected chi connectivity index (χ0v) is 10.0. The van der Waals surface area contributed by atoms with E-state index in [-0.39, 0.29) is 12.2 Å². The maximum Gasteiger partial charge on any atom is 0.350 e. The Kier molecular flexibility index (Phi) is 3.88. The molecule has 1 aromatic heterocycles. The molecule has 16 heavy (non-hydrogen) atoms. The van der Waals surface area contributed by atoms with Gasteiger partial charge in [-0.15, -0.1) is 0 Å². The molecule has 0 N–H and O–H groups in total. The van der Waals surface area contributed by atoms with Gasteiger partial charge in [-0.3, -0.25) is 0 Å². The van der Waals surface area contributed by atoms with Gasteiger partial charge in [-0.1, -0.05) is 6.92 Å². The van der Waals surface area contributed by atoms with E-state index in [9.17, 15) is 9.59 Å². The number of esters is 1. The molecule has 0 atom stereocenters. The molecule has 0 aliphatic rings. The Bertz CT molecular complexity index is 457. The number of hydrogen-bond acceptors (Lipinski definition) is 4. The maximum absolute atomic E-state index is 11.6. The van der Waals surface area contributed by atoms with Crippen LogP contribution in [0.25, 0.3) is 0 Å². The van der Waals surface area contributed by atoms with Crippen LogP contribution in [0.1, 0.15) is 41.1 Å². The Morgan fingerprint density at radius 2 is 1.94 bits per heavy atom. The first-order chi connectivity index (χ1) is 7.52. The van der Waals surface area contributed by atoms with Gasteiger partial charge < -0.3 is 9.15 Å². The van der Waals surface area contributed by atoms with Crippen LogP contribution in [0.2, 0.25) is 0 Å². The second-order valence-electron chi connectivity index (χ2n) is 3.50. The second kappa shape index (κ2) is 4.96. The predicted molar refractivity (Wildman–Crippen MR) is 59.8 cm³/mol. The van der Waals surface area contributed by atoms with Gasteiger partial charge >= 0.3 is 11.6 Å². The summed E-state index contributed by atoms with van der Waals surface area (Å²) in [5.74, 6) is -0.0403. The van der Waals surface area contributed by atoms with E-state index in [1.165, 1.54) is 0 Å². The Balaban J connectivity index is 3.39. The molecule has 0 spiro atoms. The summed E-state index contributed by atoms with van der Waals surface area (Å²) in [5, 5.41) is 0. The first-order valence-electron chi connectivity index (χ1n) is 5.33. The van der Waals surface area contributed by atoms with Gasteiger partial charge in [0.2, 0.25) is 0 Å². The van der Waals surface area contributed by atoms with E-state index < -0.39 is 11.6 Å². The summed E-state index contributed by atoms with van der Waals surface area (Å²) >= 11 is 0. The van der Waals surface area contributed by atoms with Gasteiger partial charge in [0, 0.05) is 0 Å². The standard InChI is InChI=1S/C12H16O4/c1-5-9-7(3)10(11(13)15-6-2)12(14)16-8(9)4/h5-6H2,1-4H3. The lowest BCUT2D eigenvalue weighted by molar-refractivity contribution is 0.0519. The minimum atomic E-state index is -0.620. The summed E-state index contributed by atoms with van der Waals surface area (Å²) in [7, 11) is 0. The monoisotopic (exact) mass is 224 g/mol. The van der Waals surface area contributed by atoms with E-state index in [1.807, 2.05) is 6.92 Å². The maximum atomic E-state index is 11.6. The van der Waals surface area contributed by atoms with Crippen LogP contribution in [0.4, 0.5) is 0 Å². The third-order valence-corrected chi connectivity index (χ3v) is 2.54. The molecule has 0 fully saturated rings. The summed E-state index contributed by atoms with van der Waals surface area (Å²) in [6.45, 7) is 7.36. The van der Waals surface area contributed by atoms with Crippen molar-refractivity contribution in [2.24, 2.45) is 0 Å². The lowest BCUT2D eigenvalue weighted by Gasteiger charge is -2.09. The zero-order chi connectivity index (χ0) is 12.3. The van der Waals surface area contributed by atoms with E-state index in [2.05, 4.69) is 0 Å². The van der Waals surface area contributed by atoms with Crippen molar-refractivity contribution in [3.05, 3.63) is 32.9 Å². The molecule has 88 valence electrons. The molecule has 0 unspecified atom stereocenters. The molecule has 0 aliphatic carbocycles. The third kappa shape index (κ3) is 2.15. The highest BCUT2D eigenvalue weighted by molar-refractivity contribution is 5.90. The van der Waals surface area contributed by atoms with Crippen molar-refractivity contribution in [3.8, 4) is 0 Å². The van der Waals surface area contributed by atoms with Gasteiger partial charge in [0.05, 0.1) is 6.61 Å². The van der Waals surface area contributed by atoms with Crippen LogP contribution < -0.4 is 5.63 Å². The van der Waals surface area contributed by atoms with Gasteiger partial charge in [-0.05, 0) is 38.3 Å². The molecular formula is C12H16O4. The minimum absolute atomic E-state index is 0.0179. The molecule has 0 bridgehead atoms. The fraction of sp³-hybridized carbons (Fsp3) is 0.500. The highest BCUT2D eigenvalue weighted by Gasteiger charge is 2.20. The number of aryl methyl sites for hydroxylation is 1.